The first-order chi connectivity index (χ1) is 11.1. The number of nitrogens with zero attached hydrogens (tertiary/aromatic N) is 1. The Morgan fingerprint density at radius 1 is 1.22 bits per heavy atom. The van der Waals surface area contributed by atoms with E-state index in [-0.39, 0.29) is 5.91 Å². The van der Waals surface area contributed by atoms with Crippen LogP contribution in [0, 0.1) is 0 Å². The van der Waals surface area contributed by atoms with Crippen molar-refractivity contribution in [3.8, 4) is 11.6 Å². The van der Waals surface area contributed by atoms with Crippen LogP contribution >= 0.6 is 23.2 Å². The number of pyridine rings is 1. The highest BCUT2D eigenvalue weighted by Crippen LogP contribution is 2.33. The van der Waals surface area contributed by atoms with Gasteiger partial charge < -0.3 is 15.4 Å². The fourth-order valence-electron chi connectivity index (χ4n) is 1.82. The summed E-state index contributed by atoms with van der Waals surface area (Å²) < 4.78 is 5.57. The third-order valence-corrected chi connectivity index (χ3v) is 3.82. The lowest BCUT2D eigenvalue weighted by molar-refractivity contribution is 0.0953. The van der Waals surface area contributed by atoms with Crippen molar-refractivity contribution in [1.29, 1.82) is 0 Å². The van der Waals surface area contributed by atoms with Gasteiger partial charge in [-0.1, -0.05) is 29.3 Å². The Morgan fingerprint density at radius 3 is 2.74 bits per heavy atom. The molecule has 0 spiro atoms. The van der Waals surface area contributed by atoms with Gasteiger partial charge in [-0.25, -0.2) is 4.98 Å². The van der Waals surface area contributed by atoms with Gasteiger partial charge in [0.25, 0.3) is 5.91 Å². The minimum absolute atomic E-state index is 0.166. The summed E-state index contributed by atoms with van der Waals surface area (Å²) in [6, 6.07) is 8.36. The topological polar surface area (TPSA) is 63.2 Å². The van der Waals surface area contributed by atoms with Crippen LogP contribution in [-0.4, -0.2) is 31.0 Å². The second-order valence-electron chi connectivity index (χ2n) is 4.75. The molecule has 0 bridgehead atoms. The fraction of sp³-hybridized carbons (Fsp3) is 0.250. The molecule has 2 aromatic rings. The summed E-state index contributed by atoms with van der Waals surface area (Å²) in [6.07, 6.45) is 2.32. The summed E-state index contributed by atoms with van der Waals surface area (Å²) in [7, 11) is 1.87. The molecule has 0 radical (unpaired) electrons. The first kappa shape index (κ1) is 17.5. The van der Waals surface area contributed by atoms with Gasteiger partial charge in [-0.15, -0.1) is 0 Å². The standard InChI is InChI=1S/C16H17Cl2N3O2/c1-19-8-3-9-20-16(22)11-6-7-14(21-10-11)23-13-5-2-4-12(17)15(13)18/h2,4-7,10,19H,3,8-9H2,1H3,(H,20,22). The zero-order valence-electron chi connectivity index (χ0n) is 12.6. The number of amides is 1. The zero-order chi connectivity index (χ0) is 16.7. The van der Waals surface area contributed by atoms with Crippen molar-refractivity contribution in [2.24, 2.45) is 0 Å². The van der Waals surface area contributed by atoms with Crippen LogP contribution in [0.3, 0.4) is 0 Å². The lowest BCUT2D eigenvalue weighted by Crippen LogP contribution is -2.26. The largest absolute Gasteiger partial charge is 0.437 e. The molecule has 1 heterocycles. The SMILES string of the molecule is CNCCCNC(=O)c1ccc(Oc2cccc(Cl)c2Cl)nc1. The van der Waals surface area contributed by atoms with Crippen molar-refractivity contribution >= 4 is 29.1 Å². The Labute approximate surface area is 145 Å². The number of aromatic nitrogens is 1. The molecule has 7 heteroatoms. The van der Waals surface area contributed by atoms with Gasteiger partial charge in [0.1, 0.15) is 10.8 Å². The van der Waals surface area contributed by atoms with E-state index in [0.717, 1.165) is 13.0 Å². The molecule has 23 heavy (non-hydrogen) atoms. The molecule has 0 aliphatic carbocycles. The van der Waals surface area contributed by atoms with Gasteiger partial charge in [0, 0.05) is 18.8 Å². The van der Waals surface area contributed by atoms with E-state index in [0.29, 0.717) is 33.8 Å². The molecule has 2 N–H and O–H groups in total. The van der Waals surface area contributed by atoms with Gasteiger partial charge in [0.15, 0.2) is 0 Å². The maximum absolute atomic E-state index is 11.9. The maximum atomic E-state index is 11.9. The number of hydrogen-bond acceptors (Lipinski definition) is 4. The second-order valence-corrected chi connectivity index (χ2v) is 5.54. The predicted molar refractivity (Wildman–Crippen MR) is 91.6 cm³/mol. The van der Waals surface area contributed by atoms with Gasteiger partial charge in [-0.2, -0.15) is 0 Å². The van der Waals surface area contributed by atoms with Crippen LogP contribution in [0.1, 0.15) is 16.8 Å². The summed E-state index contributed by atoms with van der Waals surface area (Å²) in [6.45, 7) is 1.46. The van der Waals surface area contributed by atoms with Crippen molar-refractivity contribution in [1.82, 2.24) is 15.6 Å². The molecule has 5 nitrogen and oxygen atoms in total. The third kappa shape index (κ3) is 5.10. The number of rotatable bonds is 7. The number of hydrogen-bond donors (Lipinski definition) is 2. The highest BCUT2D eigenvalue weighted by molar-refractivity contribution is 6.42. The van der Waals surface area contributed by atoms with Crippen molar-refractivity contribution in [2.45, 2.75) is 6.42 Å². The van der Waals surface area contributed by atoms with Crippen LogP contribution in [-0.2, 0) is 0 Å². The molecular formula is C16H17Cl2N3O2. The lowest BCUT2D eigenvalue weighted by Gasteiger charge is -2.08. The first-order valence-corrected chi connectivity index (χ1v) is 7.88. The average molecular weight is 354 g/mol. The molecule has 122 valence electrons. The summed E-state index contributed by atoms with van der Waals surface area (Å²) in [4.78, 5) is 16.0. The molecule has 1 aromatic carbocycles. The molecule has 0 atom stereocenters. The molecule has 0 unspecified atom stereocenters. The Bertz CT molecular complexity index is 663. The van der Waals surface area contributed by atoms with Crippen LogP contribution in [0.15, 0.2) is 36.5 Å². The predicted octanol–water partition coefficient (Wildman–Crippen LogP) is 3.52. The normalized spacial score (nSPS) is 10.4. The minimum Gasteiger partial charge on any atom is -0.437 e. The molecule has 0 aliphatic heterocycles. The Morgan fingerprint density at radius 2 is 2.04 bits per heavy atom. The molecule has 2 rings (SSSR count). The number of nitrogens with one attached hydrogen (secondary N) is 2. The molecule has 1 aromatic heterocycles. The van der Waals surface area contributed by atoms with Crippen LogP contribution in [0.2, 0.25) is 10.0 Å². The van der Waals surface area contributed by atoms with Gasteiger partial charge >= 0.3 is 0 Å². The molecular weight excluding hydrogens is 337 g/mol. The molecule has 0 fully saturated rings. The van der Waals surface area contributed by atoms with Gasteiger partial charge in [-0.05, 0) is 38.2 Å². The Balaban J connectivity index is 1.96. The number of ether oxygens (including phenoxy) is 1. The highest BCUT2D eigenvalue weighted by atomic mass is 35.5. The van der Waals surface area contributed by atoms with E-state index in [9.17, 15) is 4.79 Å². The summed E-state index contributed by atoms with van der Waals surface area (Å²) in [5.74, 6) is 0.581. The zero-order valence-corrected chi connectivity index (χ0v) is 14.1. The summed E-state index contributed by atoms with van der Waals surface area (Å²) in [5, 5.41) is 6.57. The van der Waals surface area contributed by atoms with Gasteiger partial charge in [0.2, 0.25) is 5.88 Å². The number of carbonyl (C=O) groups is 1. The highest BCUT2D eigenvalue weighted by Gasteiger charge is 2.09. The van der Waals surface area contributed by atoms with Crippen LogP contribution in [0.25, 0.3) is 0 Å². The van der Waals surface area contributed by atoms with Crippen molar-refractivity contribution in [3.63, 3.8) is 0 Å². The van der Waals surface area contributed by atoms with Gasteiger partial charge in [-0.3, -0.25) is 4.79 Å². The summed E-state index contributed by atoms with van der Waals surface area (Å²) >= 11 is 12.0. The van der Waals surface area contributed by atoms with Crippen molar-refractivity contribution in [3.05, 3.63) is 52.1 Å². The monoisotopic (exact) mass is 353 g/mol. The van der Waals surface area contributed by atoms with Crippen LogP contribution in [0.5, 0.6) is 11.6 Å². The average Bonchev–Trinajstić information content (AvgIpc) is 2.56. The second kappa shape index (κ2) is 8.72. The van der Waals surface area contributed by atoms with Crippen molar-refractivity contribution in [2.75, 3.05) is 20.1 Å². The molecule has 1 amide bonds. The molecule has 0 saturated heterocycles. The Hall–Kier alpha value is -1.82. The van der Waals surface area contributed by atoms with Crippen molar-refractivity contribution < 1.29 is 9.53 Å². The van der Waals surface area contributed by atoms with E-state index >= 15 is 0 Å². The maximum Gasteiger partial charge on any atom is 0.252 e. The smallest absolute Gasteiger partial charge is 0.252 e. The quantitative estimate of drug-likeness (QED) is 0.747. The van der Waals surface area contributed by atoms with Crippen LogP contribution in [0.4, 0.5) is 0 Å². The van der Waals surface area contributed by atoms with E-state index in [1.807, 2.05) is 7.05 Å². The van der Waals surface area contributed by atoms with Crippen LogP contribution < -0.4 is 15.4 Å². The number of benzene rings is 1. The third-order valence-electron chi connectivity index (χ3n) is 3.02. The van der Waals surface area contributed by atoms with E-state index < -0.39 is 0 Å². The van der Waals surface area contributed by atoms with E-state index in [2.05, 4.69) is 15.6 Å². The number of carbonyl (C=O) groups excluding carboxylic acids is 1. The number of halogens is 2. The fourth-order valence-corrected chi connectivity index (χ4v) is 2.15. The lowest BCUT2D eigenvalue weighted by atomic mass is 10.2. The molecule has 0 saturated carbocycles. The van der Waals surface area contributed by atoms with Gasteiger partial charge in [0.05, 0.1) is 10.6 Å². The van der Waals surface area contributed by atoms with E-state index in [4.69, 9.17) is 27.9 Å². The van der Waals surface area contributed by atoms with E-state index in [1.165, 1.54) is 6.20 Å². The minimum atomic E-state index is -0.166. The Kier molecular flexibility index (Phi) is 6.65. The summed E-state index contributed by atoms with van der Waals surface area (Å²) in [5.41, 5.74) is 0.471. The van der Waals surface area contributed by atoms with E-state index in [1.54, 1.807) is 30.3 Å². The molecule has 0 aliphatic rings. The first-order valence-electron chi connectivity index (χ1n) is 7.12.